The molecule has 0 saturated carbocycles. The minimum atomic E-state index is -0.720. The number of carbonyl (C=O) groups excluding carboxylic acids is 1. The highest BCUT2D eigenvalue weighted by atomic mass is 16.6. The van der Waals surface area contributed by atoms with Gasteiger partial charge in [-0.1, -0.05) is 11.6 Å². The Morgan fingerprint density at radius 3 is 2.65 bits per heavy atom. The number of nitrogens with one attached hydrogen (secondary N) is 1. The largest absolute Gasteiger partial charge is 0.497 e. The van der Waals surface area contributed by atoms with Gasteiger partial charge < -0.3 is 19.2 Å². The van der Waals surface area contributed by atoms with Crippen LogP contribution in [0.25, 0.3) is 10.9 Å². The van der Waals surface area contributed by atoms with Gasteiger partial charge in [0.1, 0.15) is 17.1 Å². The number of aromatic amines is 1. The molecule has 0 spiro atoms. The molecule has 1 aliphatic heterocycles. The predicted octanol–water partition coefficient (Wildman–Crippen LogP) is 5.60. The second kappa shape index (κ2) is 8.58. The number of methoxy groups -OCH3 is 1. The lowest BCUT2D eigenvalue weighted by Gasteiger charge is -2.35. The second-order valence-corrected chi connectivity index (χ2v) is 9.95. The van der Waals surface area contributed by atoms with Gasteiger partial charge in [-0.3, -0.25) is 4.90 Å². The molecule has 0 unspecified atom stereocenters. The Balaban J connectivity index is 1.99. The summed E-state index contributed by atoms with van der Waals surface area (Å²) >= 11 is 0. The van der Waals surface area contributed by atoms with Crippen molar-refractivity contribution in [3.05, 3.63) is 41.1 Å². The zero-order valence-corrected chi connectivity index (χ0v) is 20.1. The third-order valence-corrected chi connectivity index (χ3v) is 5.52. The summed E-state index contributed by atoms with van der Waals surface area (Å²) in [5, 5.41) is 1.15. The van der Waals surface area contributed by atoms with Gasteiger partial charge in [-0.2, -0.15) is 0 Å². The normalized spacial score (nSPS) is 18.3. The quantitative estimate of drug-likeness (QED) is 0.630. The van der Waals surface area contributed by atoms with Crippen molar-refractivity contribution < 1.29 is 19.0 Å². The molecule has 1 atom stereocenters. The molecule has 1 aromatic carbocycles. The van der Waals surface area contributed by atoms with Gasteiger partial charge in [0, 0.05) is 29.1 Å². The summed E-state index contributed by atoms with van der Waals surface area (Å²) < 4.78 is 17.1. The van der Waals surface area contributed by atoms with Crippen LogP contribution in [0.15, 0.2) is 29.8 Å². The number of H-pyrrole nitrogens is 1. The Morgan fingerprint density at radius 1 is 1.32 bits per heavy atom. The summed E-state index contributed by atoms with van der Waals surface area (Å²) in [6.07, 6.45) is 3.36. The number of benzene rings is 1. The molecule has 6 heteroatoms. The van der Waals surface area contributed by atoms with Crippen molar-refractivity contribution in [1.29, 1.82) is 0 Å². The molecule has 1 N–H and O–H groups in total. The molecule has 0 bridgehead atoms. The fraction of sp³-hybridized carbons (Fsp3) is 0.560. The number of carbonyl (C=O) groups is 1. The number of hydrogen-bond donors (Lipinski definition) is 1. The highest BCUT2D eigenvalue weighted by Gasteiger charge is 2.46. The van der Waals surface area contributed by atoms with Crippen molar-refractivity contribution >= 4 is 17.0 Å². The van der Waals surface area contributed by atoms with Crippen LogP contribution in [0.3, 0.4) is 0 Å². The van der Waals surface area contributed by atoms with Gasteiger partial charge in [-0.25, -0.2) is 4.79 Å². The summed E-state index contributed by atoms with van der Waals surface area (Å²) in [5.74, 6) is 0.815. The van der Waals surface area contributed by atoms with E-state index >= 15 is 0 Å². The van der Waals surface area contributed by atoms with E-state index in [0.29, 0.717) is 13.0 Å². The molecule has 1 saturated heterocycles. The zero-order valence-electron chi connectivity index (χ0n) is 20.1. The number of allylic oxidation sites excluding steroid dienone is 2. The third kappa shape index (κ3) is 5.24. The number of fused-ring (bicyclic) bond motifs is 1. The monoisotopic (exact) mass is 428 g/mol. The van der Waals surface area contributed by atoms with Crippen LogP contribution in [-0.2, 0) is 22.3 Å². The predicted molar refractivity (Wildman–Crippen MR) is 124 cm³/mol. The molecular weight excluding hydrogens is 392 g/mol. The molecule has 2 aromatic rings. The lowest BCUT2D eigenvalue weighted by molar-refractivity contribution is -0.0624. The Hall–Kier alpha value is -2.47. The molecule has 1 amide bonds. The van der Waals surface area contributed by atoms with E-state index in [1.54, 1.807) is 12.0 Å². The Labute approximate surface area is 185 Å². The minimum Gasteiger partial charge on any atom is -0.497 e. The van der Waals surface area contributed by atoms with E-state index in [1.165, 1.54) is 11.1 Å². The first-order valence-corrected chi connectivity index (χ1v) is 10.9. The molecule has 31 heavy (non-hydrogen) atoms. The number of nitrogens with zero attached hydrogens (tertiary/aromatic N) is 1. The fourth-order valence-electron chi connectivity index (χ4n) is 4.08. The minimum absolute atomic E-state index is 0.114. The van der Waals surface area contributed by atoms with Crippen LogP contribution < -0.4 is 4.74 Å². The van der Waals surface area contributed by atoms with Crippen LogP contribution in [0.4, 0.5) is 4.79 Å². The van der Waals surface area contributed by atoms with Crippen LogP contribution in [0.2, 0.25) is 0 Å². The van der Waals surface area contributed by atoms with Crippen molar-refractivity contribution in [1.82, 2.24) is 9.88 Å². The van der Waals surface area contributed by atoms with Gasteiger partial charge in [0.2, 0.25) is 0 Å². The topological polar surface area (TPSA) is 63.8 Å². The van der Waals surface area contributed by atoms with Crippen LogP contribution in [0.1, 0.15) is 59.7 Å². The van der Waals surface area contributed by atoms with E-state index < -0.39 is 11.3 Å². The molecule has 0 aliphatic carbocycles. The van der Waals surface area contributed by atoms with E-state index in [-0.39, 0.29) is 12.1 Å². The summed E-state index contributed by atoms with van der Waals surface area (Å²) in [5.41, 5.74) is 3.37. The highest BCUT2D eigenvalue weighted by molar-refractivity contribution is 5.86. The van der Waals surface area contributed by atoms with E-state index in [4.69, 9.17) is 14.2 Å². The second-order valence-electron chi connectivity index (χ2n) is 9.95. The van der Waals surface area contributed by atoms with Gasteiger partial charge in [0.05, 0.1) is 19.8 Å². The number of ether oxygens (including phenoxy) is 3. The standard InChI is InChI=1S/C25H36N2O4/c1-16(2)9-12-21-20(19-11-10-18(29-8)14-22(19)26-21)13-17-15-30-25(6,7)27(17)23(28)31-24(3,4)5/h9-11,14,17,26H,12-13,15H2,1-8H3/t17-/m0/s1. The molecule has 170 valence electrons. The average molecular weight is 429 g/mol. The Bertz CT molecular complexity index is 977. The SMILES string of the molecule is COc1ccc2c(C[C@H]3COC(C)(C)N3C(=O)OC(C)(C)C)c(CC=C(C)C)[nH]c2c1. The van der Waals surface area contributed by atoms with Crippen molar-refractivity contribution in [2.75, 3.05) is 13.7 Å². The van der Waals surface area contributed by atoms with Gasteiger partial charge in [-0.05, 0) is 72.6 Å². The van der Waals surface area contributed by atoms with Crippen molar-refractivity contribution in [2.24, 2.45) is 0 Å². The maximum absolute atomic E-state index is 13.1. The first-order valence-electron chi connectivity index (χ1n) is 10.9. The number of rotatable bonds is 5. The van der Waals surface area contributed by atoms with Crippen LogP contribution in [0.5, 0.6) is 5.75 Å². The van der Waals surface area contributed by atoms with Crippen LogP contribution in [0, 0.1) is 0 Å². The first-order chi connectivity index (χ1) is 14.4. The molecule has 3 rings (SSSR count). The molecule has 0 radical (unpaired) electrons. The number of amides is 1. The summed E-state index contributed by atoms with van der Waals surface area (Å²) in [7, 11) is 1.67. The van der Waals surface area contributed by atoms with Crippen LogP contribution >= 0.6 is 0 Å². The average Bonchev–Trinajstić information content (AvgIpc) is 3.14. The number of aromatic nitrogens is 1. The lowest BCUT2D eigenvalue weighted by Crippen LogP contribution is -2.50. The maximum atomic E-state index is 13.1. The van der Waals surface area contributed by atoms with E-state index in [9.17, 15) is 4.79 Å². The molecule has 1 aromatic heterocycles. The Morgan fingerprint density at radius 2 is 2.03 bits per heavy atom. The first kappa shape index (κ1) is 23.2. The van der Waals surface area contributed by atoms with Gasteiger partial charge in [0.25, 0.3) is 0 Å². The summed E-state index contributed by atoms with van der Waals surface area (Å²) in [4.78, 5) is 18.4. The number of hydrogen-bond acceptors (Lipinski definition) is 4. The third-order valence-electron chi connectivity index (χ3n) is 5.52. The fourth-order valence-corrected chi connectivity index (χ4v) is 4.08. The summed E-state index contributed by atoms with van der Waals surface area (Å²) in [6, 6.07) is 5.97. The highest BCUT2D eigenvalue weighted by Crippen LogP contribution is 2.34. The lowest BCUT2D eigenvalue weighted by atomic mass is 9.99. The smallest absolute Gasteiger partial charge is 0.412 e. The van der Waals surface area contributed by atoms with Crippen LogP contribution in [-0.4, -0.2) is 47.1 Å². The van der Waals surface area contributed by atoms with Crippen molar-refractivity contribution in [3.63, 3.8) is 0 Å². The van der Waals surface area contributed by atoms with Gasteiger partial charge >= 0.3 is 6.09 Å². The van der Waals surface area contributed by atoms with Crippen molar-refractivity contribution in [3.8, 4) is 5.75 Å². The van der Waals surface area contributed by atoms with Crippen molar-refractivity contribution in [2.45, 2.75) is 78.7 Å². The van der Waals surface area contributed by atoms with Gasteiger partial charge in [0.15, 0.2) is 0 Å². The molecular formula is C25H36N2O4. The summed E-state index contributed by atoms with van der Waals surface area (Å²) in [6.45, 7) is 14.2. The van der Waals surface area contributed by atoms with Gasteiger partial charge in [-0.15, -0.1) is 0 Å². The Kier molecular flexibility index (Phi) is 6.42. The molecule has 1 aliphatic rings. The molecule has 6 nitrogen and oxygen atoms in total. The molecule has 2 heterocycles. The maximum Gasteiger partial charge on any atom is 0.412 e. The molecule has 1 fully saturated rings. The van der Waals surface area contributed by atoms with E-state index in [2.05, 4.69) is 31.0 Å². The van der Waals surface area contributed by atoms with E-state index in [1.807, 2.05) is 46.8 Å². The zero-order chi connectivity index (χ0) is 23.0. The van der Waals surface area contributed by atoms with E-state index in [0.717, 1.165) is 28.8 Å².